The summed E-state index contributed by atoms with van der Waals surface area (Å²) in [6.07, 6.45) is 0.996. The van der Waals surface area contributed by atoms with Gasteiger partial charge in [0.1, 0.15) is 4.99 Å². The maximum Gasteiger partial charge on any atom is 0.240 e. The van der Waals surface area contributed by atoms with Gasteiger partial charge in [0.05, 0.1) is 11.2 Å². The molecule has 0 fully saturated rings. The van der Waals surface area contributed by atoms with Crippen LogP contribution in [0.2, 0.25) is 0 Å². The molecule has 1 rings (SSSR count). The molecular weight excluding hydrogens is 322 g/mol. The molecule has 4 N–H and O–H groups in total. The lowest BCUT2D eigenvalue weighted by Gasteiger charge is -2.07. The second-order valence-electron chi connectivity index (χ2n) is 3.95. The summed E-state index contributed by atoms with van der Waals surface area (Å²) in [7, 11) is -7.02. The van der Waals surface area contributed by atoms with Crippen molar-refractivity contribution in [1.82, 2.24) is 9.44 Å². The third-order valence-corrected chi connectivity index (χ3v) is 4.67. The van der Waals surface area contributed by atoms with Crippen molar-refractivity contribution in [1.29, 1.82) is 0 Å². The molecule has 0 saturated heterocycles. The Hall–Kier alpha value is -1.07. The number of rotatable bonds is 7. The van der Waals surface area contributed by atoms with Crippen LogP contribution in [0.3, 0.4) is 0 Å². The van der Waals surface area contributed by atoms with E-state index in [2.05, 4.69) is 9.44 Å². The van der Waals surface area contributed by atoms with E-state index in [1.807, 2.05) is 0 Å². The smallest absolute Gasteiger partial charge is 0.240 e. The van der Waals surface area contributed by atoms with Crippen LogP contribution in [0.5, 0.6) is 0 Å². The number of thiocarbonyl (C=S) groups is 1. The molecule has 0 aliphatic rings. The van der Waals surface area contributed by atoms with Gasteiger partial charge in [0, 0.05) is 18.7 Å². The molecular formula is C10H15N3O4S3. The quantitative estimate of drug-likeness (QED) is 0.440. The van der Waals surface area contributed by atoms with E-state index in [0.717, 1.165) is 6.26 Å². The zero-order valence-electron chi connectivity index (χ0n) is 10.7. The minimum absolute atomic E-state index is 0.0248. The first kappa shape index (κ1) is 17.0. The van der Waals surface area contributed by atoms with Gasteiger partial charge < -0.3 is 5.73 Å². The zero-order chi connectivity index (χ0) is 15.4. The molecule has 0 unspecified atom stereocenters. The normalized spacial score (nSPS) is 12.2. The highest BCUT2D eigenvalue weighted by Crippen LogP contribution is 2.10. The first-order valence-electron chi connectivity index (χ1n) is 5.46. The Balaban J connectivity index is 2.67. The van der Waals surface area contributed by atoms with Gasteiger partial charge >= 0.3 is 0 Å². The van der Waals surface area contributed by atoms with Gasteiger partial charge in [-0.3, -0.25) is 0 Å². The molecule has 1 aromatic carbocycles. The van der Waals surface area contributed by atoms with E-state index < -0.39 is 20.0 Å². The van der Waals surface area contributed by atoms with Crippen molar-refractivity contribution in [2.45, 2.75) is 4.90 Å². The van der Waals surface area contributed by atoms with Crippen molar-refractivity contribution in [3.8, 4) is 0 Å². The van der Waals surface area contributed by atoms with Crippen LogP contribution >= 0.6 is 12.2 Å². The lowest BCUT2D eigenvalue weighted by Crippen LogP contribution is -2.34. The fourth-order valence-electron chi connectivity index (χ4n) is 1.30. The van der Waals surface area contributed by atoms with Crippen molar-refractivity contribution >= 4 is 37.3 Å². The topological polar surface area (TPSA) is 118 Å². The summed E-state index contributed by atoms with van der Waals surface area (Å²) >= 11 is 4.77. The van der Waals surface area contributed by atoms with Crippen molar-refractivity contribution < 1.29 is 16.8 Å². The summed E-state index contributed by atoms with van der Waals surface area (Å²) in [5, 5.41) is 0. The minimum Gasteiger partial charge on any atom is -0.389 e. The molecule has 0 aromatic heterocycles. The van der Waals surface area contributed by atoms with Gasteiger partial charge in [-0.1, -0.05) is 24.4 Å². The Morgan fingerprint density at radius 3 is 2.05 bits per heavy atom. The van der Waals surface area contributed by atoms with Crippen LogP contribution in [0.15, 0.2) is 29.2 Å². The maximum atomic E-state index is 11.9. The first-order chi connectivity index (χ1) is 9.12. The van der Waals surface area contributed by atoms with Crippen LogP contribution < -0.4 is 15.2 Å². The maximum absolute atomic E-state index is 11.9. The number of nitrogens with one attached hydrogen (secondary N) is 2. The predicted octanol–water partition coefficient (Wildman–Crippen LogP) is -0.852. The Morgan fingerprint density at radius 2 is 1.60 bits per heavy atom. The predicted molar refractivity (Wildman–Crippen MR) is 80.4 cm³/mol. The fraction of sp³-hybridized carbons (Fsp3) is 0.300. The summed E-state index contributed by atoms with van der Waals surface area (Å²) in [5.74, 6) is 0. The molecule has 112 valence electrons. The molecule has 7 nitrogen and oxygen atoms in total. The average Bonchev–Trinajstić information content (AvgIpc) is 2.34. The molecule has 0 aliphatic carbocycles. The van der Waals surface area contributed by atoms with Crippen LogP contribution in [-0.2, 0) is 20.0 Å². The highest BCUT2D eigenvalue weighted by atomic mass is 32.2. The second kappa shape index (κ2) is 6.59. The van der Waals surface area contributed by atoms with Gasteiger partial charge in [-0.25, -0.2) is 26.3 Å². The molecule has 0 aliphatic heterocycles. The largest absolute Gasteiger partial charge is 0.389 e. The summed E-state index contributed by atoms with van der Waals surface area (Å²) < 4.78 is 49.9. The molecule has 0 atom stereocenters. The molecule has 0 spiro atoms. The summed E-state index contributed by atoms with van der Waals surface area (Å²) in [4.78, 5) is 0.233. The molecule has 0 radical (unpaired) electrons. The zero-order valence-corrected chi connectivity index (χ0v) is 13.1. The van der Waals surface area contributed by atoms with Crippen molar-refractivity contribution in [2.24, 2.45) is 5.73 Å². The Bertz CT molecular complexity index is 681. The Kier molecular flexibility index (Phi) is 5.59. The number of nitrogens with two attached hydrogens (primary N) is 1. The Labute approximate surface area is 123 Å². The fourth-order valence-corrected chi connectivity index (χ4v) is 2.94. The number of benzene rings is 1. The average molecular weight is 337 g/mol. The summed E-state index contributed by atoms with van der Waals surface area (Å²) in [6.45, 7) is -0.0739. The molecule has 20 heavy (non-hydrogen) atoms. The first-order valence-corrected chi connectivity index (χ1v) is 9.24. The highest BCUT2D eigenvalue weighted by molar-refractivity contribution is 7.89. The lowest BCUT2D eigenvalue weighted by molar-refractivity contribution is 0.573. The van der Waals surface area contributed by atoms with Gasteiger partial charge in [-0.15, -0.1) is 0 Å². The third-order valence-electron chi connectivity index (χ3n) is 2.23. The van der Waals surface area contributed by atoms with Gasteiger partial charge in [-0.2, -0.15) is 0 Å². The van der Waals surface area contributed by atoms with Gasteiger partial charge in [0.2, 0.25) is 20.0 Å². The molecule has 10 heteroatoms. The molecule has 0 heterocycles. The van der Waals surface area contributed by atoms with Gasteiger partial charge in [-0.05, 0) is 12.1 Å². The summed E-state index contributed by atoms with van der Waals surface area (Å²) in [5.41, 5.74) is 5.98. The van der Waals surface area contributed by atoms with Crippen molar-refractivity contribution in [3.63, 3.8) is 0 Å². The lowest BCUT2D eigenvalue weighted by atomic mass is 10.2. The van der Waals surface area contributed by atoms with Crippen LogP contribution in [0.25, 0.3) is 0 Å². The third kappa shape index (κ3) is 5.51. The van der Waals surface area contributed by atoms with E-state index in [1.54, 1.807) is 0 Å². The van der Waals surface area contributed by atoms with E-state index in [9.17, 15) is 16.8 Å². The monoisotopic (exact) mass is 337 g/mol. The number of hydrogen-bond acceptors (Lipinski definition) is 5. The molecule has 0 saturated carbocycles. The van der Waals surface area contributed by atoms with Crippen molar-refractivity contribution in [2.75, 3.05) is 19.3 Å². The molecule has 0 amide bonds. The van der Waals surface area contributed by atoms with Crippen LogP contribution in [0.4, 0.5) is 0 Å². The van der Waals surface area contributed by atoms with Crippen LogP contribution in [0, 0.1) is 0 Å². The minimum atomic E-state index is -3.69. The second-order valence-corrected chi connectivity index (χ2v) is 7.99. The number of hydrogen-bond donors (Lipinski definition) is 3. The SMILES string of the molecule is CS(=O)(=O)NCCNS(=O)(=O)c1ccc(C(N)=S)cc1. The van der Waals surface area contributed by atoms with E-state index in [0.29, 0.717) is 5.56 Å². The van der Waals surface area contributed by atoms with Gasteiger partial charge in [0.25, 0.3) is 0 Å². The number of sulfonamides is 2. The van der Waals surface area contributed by atoms with E-state index >= 15 is 0 Å². The van der Waals surface area contributed by atoms with E-state index in [-0.39, 0.29) is 23.0 Å². The molecule has 1 aromatic rings. The van der Waals surface area contributed by atoms with Crippen molar-refractivity contribution in [3.05, 3.63) is 29.8 Å². The van der Waals surface area contributed by atoms with E-state index in [1.165, 1.54) is 24.3 Å². The van der Waals surface area contributed by atoms with E-state index in [4.69, 9.17) is 18.0 Å². The van der Waals surface area contributed by atoms with Crippen LogP contribution in [-0.4, -0.2) is 41.2 Å². The summed E-state index contributed by atoms with van der Waals surface area (Å²) in [6, 6.07) is 5.76. The highest BCUT2D eigenvalue weighted by Gasteiger charge is 2.13. The van der Waals surface area contributed by atoms with Crippen LogP contribution in [0.1, 0.15) is 5.56 Å². The Morgan fingerprint density at radius 1 is 1.10 bits per heavy atom. The molecule has 0 bridgehead atoms. The standard InChI is InChI=1S/C10H15N3O4S3/c1-19(14,15)12-6-7-13-20(16,17)9-4-2-8(3-5-9)10(11)18/h2-5,12-13H,6-7H2,1H3,(H2,11,18). The van der Waals surface area contributed by atoms with Gasteiger partial charge in [0.15, 0.2) is 0 Å².